The molecule has 0 saturated carbocycles. The summed E-state index contributed by atoms with van der Waals surface area (Å²) < 4.78 is 5.57. The van der Waals surface area contributed by atoms with E-state index in [2.05, 4.69) is 5.32 Å². The van der Waals surface area contributed by atoms with Gasteiger partial charge in [-0.2, -0.15) is 0 Å². The summed E-state index contributed by atoms with van der Waals surface area (Å²) >= 11 is 18.1. The molecule has 1 N–H and O–H groups in total. The van der Waals surface area contributed by atoms with Crippen LogP contribution in [0.3, 0.4) is 0 Å². The van der Waals surface area contributed by atoms with E-state index in [0.29, 0.717) is 27.4 Å². The Bertz CT molecular complexity index is 861. The molecule has 2 rings (SSSR count). The second-order valence-corrected chi connectivity index (χ2v) is 7.68. The summed E-state index contributed by atoms with van der Waals surface area (Å²) in [6.45, 7) is 4.10. The molecular weight excluding hydrogens is 435 g/mol. The van der Waals surface area contributed by atoms with E-state index < -0.39 is 6.04 Å². The lowest BCUT2D eigenvalue weighted by Crippen LogP contribution is -2.49. The zero-order chi connectivity index (χ0) is 21.4. The molecule has 0 spiro atoms. The summed E-state index contributed by atoms with van der Waals surface area (Å²) in [6.07, 6.45) is 0.800. The van der Waals surface area contributed by atoms with Gasteiger partial charge in [0.25, 0.3) is 5.91 Å². The lowest BCUT2D eigenvalue weighted by molar-refractivity contribution is -0.142. The molecule has 0 aliphatic heterocycles. The third kappa shape index (κ3) is 6.81. The van der Waals surface area contributed by atoms with Crippen LogP contribution in [0.5, 0.6) is 5.75 Å². The Hall–Kier alpha value is -1.95. The quantitative estimate of drug-likeness (QED) is 0.578. The molecule has 5 nitrogen and oxygen atoms in total. The average Bonchev–Trinajstić information content (AvgIpc) is 2.71. The molecule has 0 bridgehead atoms. The normalized spacial score (nSPS) is 11.6. The van der Waals surface area contributed by atoms with Crippen LogP contribution in [0.4, 0.5) is 0 Å². The third-order valence-electron chi connectivity index (χ3n) is 4.24. The minimum atomic E-state index is -0.696. The van der Waals surface area contributed by atoms with E-state index in [9.17, 15) is 9.59 Å². The van der Waals surface area contributed by atoms with E-state index in [1.165, 1.54) is 4.90 Å². The summed E-state index contributed by atoms with van der Waals surface area (Å²) in [5, 5.41) is 4.02. The van der Waals surface area contributed by atoms with Crippen molar-refractivity contribution in [3.05, 3.63) is 63.1 Å². The van der Waals surface area contributed by atoms with Crippen molar-refractivity contribution < 1.29 is 14.3 Å². The first-order valence-electron chi connectivity index (χ1n) is 9.22. The van der Waals surface area contributed by atoms with Crippen molar-refractivity contribution in [3.8, 4) is 5.75 Å². The van der Waals surface area contributed by atoms with E-state index in [4.69, 9.17) is 39.5 Å². The fraction of sp³-hybridized carbons (Fsp3) is 0.333. The van der Waals surface area contributed by atoms with Crippen LogP contribution in [0.15, 0.2) is 42.5 Å². The number of hydrogen-bond donors (Lipinski definition) is 1. The van der Waals surface area contributed by atoms with Gasteiger partial charge in [0.15, 0.2) is 6.61 Å². The van der Waals surface area contributed by atoms with Crippen LogP contribution in [-0.4, -0.2) is 35.9 Å². The first-order valence-corrected chi connectivity index (χ1v) is 10.3. The topological polar surface area (TPSA) is 58.6 Å². The number of ether oxygens (including phenoxy) is 1. The van der Waals surface area contributed by atoms with Crippen molar-refractivity contribution in [3.63, 3.8) is 0 Å². The second kappa shape index (κ2) is 11.3. The number of nitrogens with one attached hydrogen (secondary N) is 1. The Balaban J connectivity index is 2.17. The number of rotatable bonds is 9. The smallest absolute Gasteiger partial charge is 0.261 e. The predicted molar refractivity (Wildman–Crippen MR) is 117 cm³/mol. The SMILES string of the molecule is CCCNC(=O)[C@@H](C)N(Cc1ccc(Cl)c(Cl)c1)C(=O)COc1ccccc1Cl. The summed E-state index contributed by atoms with van der Waals surface area (Å²) in [7, 11) is 0. The van der Waals surface area contributed by atoms with Gasteiger partial charge in [-0.1, -0.05) is 59.9 Å². The maximum atomic E-state index is 12.9. The predicted octanol–water partition coefficient (Wildman–Crippen LogP) is 4.97. The van der Waals surface area contributed by atoms with E-state index >= 15 is 0 Å². The van der Waals surface area contributed by atoms with Crippen LogP contribution in [0, 0.1) is 0 Å². The van der Waals surface area contributed by atoms with Crippen molar-refractivity contribution in [2.45, 2.75) is 32.9 Å². The zero-order valence-corrected chi connectivity index (χ0v) is 18.5. The Kier molecular flexibility index (Phi) is 9.08. The van der Waals surface area contributed by atoms with Crippen LogP contribution in [-0.2, 0) is 16.1 Å². The minimum absolute atomic E-state index is 0.183. The summed E-state index contributed by atoms with van der Waals surface area (Å²) in [6, 6.07) is 11.3. The highest BCUT2D eigenvalue weighted by molar-refractivity contribution is 6.42. The van der Waals surface area contributed by atoms with E-state index in [1.807, 2.05) is 6.92 Å². The van der Waals surface area contributed by atoms with Crippen molar-refractivity contribution in [1.82, 2.24) is 10.2 Å². The summed E-state index contributed by atoms with van der Waals surface area (Å²) in [5.41, 5.74) is 0.751. The van der Waals surface area contributed by atoms with Gasteiger partial charge >= 0.3 is 0 Å². The van der Waals surface area contributed by atoms with Gasteiger partial charge in [-0.3, -0.25) is 9.59 Å². The van der Waals surface area contributed by atoms with Crippen molar-refractivity contribution in [2.24, 2.45) is 0 Å². The van der Waals surface area contributed by atoms with E-state index in [-0.39, 0.29) is 25.0 Å². The molecule has 0 radical (unpaired) electrons. The molecule has 0 fully saturated rings. The number of carbonyl (C=O) groups is 2. The van der Waals surface area contributed by atoms with Gasteiger partial charge in [-0.25, -0.2) is 0 Å². The van der Waals surface area contributed by atoms with Crippen molar-refractivity contribution in [1.29, 1.82) is 0 Å². The number of benzene rings is 2. The highest BCUT2D eigenvalue weighted by atomic mass is 35.5. The molecule has 1 atom stereocenters. The minimum Gasteiger partial charge on any atom is -0.482 e. The molecule has 0 unspecified atom stereocenters. The number of amides is 2. The summed E-state index contributed by atoms with van der Waals surface area (Å²) in [4.78, 5) is 26.8. The number of para-hydroxylation sites is 1. The monoisotopic (exact) mass is 456 g/mol. The highest BCUT2D eigenvalue weighted by Gasteiger charge is 2.26. The molecular formula is C21H23Cl3N2O3. The number of halogens is 3. The van der Waals surface area contributed by atoms with Crippen molar-refractivity contribution >= 4 is 46.6 Å². The number of carbonyl (C=O) groups excluding carboxylic acids is 2. The Labute approximate surface area is 185 Å². The molecule has 29 heavy (non-hydrogen) atoms. The summed E-state index contributed by atoms with van der Waals surface area (Å²) in [5.74, 6) is -0.187. The molecule has 0 aliphatic carbocycles. The van der Waals surface area contributed by atoms with Crippen LogP contribution in [0.25, 0.3) is 0 Å². The molecule has 8 heteroatoms. The molecule has 2 aromatic carbocycles. The molecule has 0 saturated heterocycles. The second-order valence-electron chi connectivity index (χ2n) is 6.46. The van der Waals surface area contributed by atoms with Crippen LogP contribution in [0.1, 0.15) is 25.8 Å². The first-order chi connectivity index (χ1) is 13.8. The largest absolute Gasteiger partial charge is 0.482 e. The molecule has 0 aliphatic rings. The van der Waals surface area contributed by atoms with E-state index in [0.717, 1.165) is 12.0 Å². The van der Waals surface area contributed by atoms with E-state index in [1.54, 1.807) is 49.4 Å². The molecule has 0 heterocycles. The van der Waals surface area contributed by atoms with Gasteiger partial charge in [-0.15, -0.1) is 0 Å². The lowest BCUT2D eigenvalue weighted by atomic mass is 10.1. The maximum Gasteiger partial charge on any atom is 0.261 e. The zero-order valence-electron chi connectivity index (χ0n) is 16.3. The van der Waals surface area contributed by atoms with Gasteiger partial charge in [0.2, 0.25) is 5.91 Å². The molecule has 2 aromatic rings. The molecule has 2 amide bonds. The Morgan fingerprint density at radius 2 is 1.79 bits per heavy atom. The molecule has 156 valence electrons. The number of hydrogen-bond acceptors (Lipinski definition) is 3. The van der Waals surface area contributed by atoms with Crippen LogP contribution >= 0.6 is 34.8 Å². The lowest BCUT2D eigenvalue weighted by Gasteiger charge is -2.29. The average molecular weight is 458 g/mol. The fourth-order valence-corrected chi connectivity index (χ4v) is 3.11. The van der Waals surface area contributed by atoms with Crippen molar-refractivity contribution in [2.75, 3.05) is 13.2 Å². The van der Waals surface area contributed by atoms with Gasteiger partial charge < -0.3 is 15.0 Å². The fourth-order valence-electron chi connectivity index (χ4n) is 2.60. The maximum absolute atomic E-state index is 12.9. The first kappa shape index (κ1) is 23.3. The van der Waals surface area contributed by atoms with Gasteiger partial charge in [0.1, 0.15) is 11.8 Å². The van der Waals surface area contributed by atoms with Gasteiger partial charge in [-0.05, 0) is 43.2 Å². The van der Waals surface area contributed by atoms with Crippen LogP contribution in [0.2, 0.25) is 15.1 Å². The Morgan fingerprint density at radius 1 is 1.07 bits per heavy atom. The Morgan fingerprint density at radius 3 is 2.45 bits per heavy atom. The van der Waals surface area contributed by atoms with Crippen LogP contribution < -0.4 is 10.1 Å². The number of nitrogens with zero attached hydrogens (tertiary/aromatic N) is 1. The third-order valence-corrected chi connectivity index (χ3v) is 5.29. The standard InChI is InChI=1S/C21H23Cl3N2O3/c1-3-10-25-21(28)14(2)26(12-15-8-9-16(22)18(24)11-15)20(27)13-29-19-7-5-4-6-17(19)23/h4-9,11,14H,3,10,12-13H2,1-2H3,(H,25,28)/t14-/m1/s1. The van der Waals surface area contributed by atoms with Gasteiger partial charge in [0.05, 0.1) is 15.1 Å². The molecule has 0 aromatic heterocycles. The van der Waals surface area contributed by atoms with Gasteiger partial charge in [0, 0.05) is 13.1 Å². The highest BCUT2D eigenvalue weighted by Crippen LogP contribution is 2.25.